The predicted molar refractivity (Wildman–Crippen MR) is 84.4 cm³/mol. The molecule has 0 saturated carbocycles. The minimum atomic E-state index is 0.303. The van der Waals surface area contributed by atoms with Gasteiger partial charge >= 0.3 is 0 Å². The van der Waals surface area contributed by atoms with E-state index >= 15 is 0 Å². The van der Waals surface area contributed by atoms with E-state index in [0.29, 0.717) is 6.10 Å². The molecule has 2 aliphatic heterocycles. The number of rotatable bonds is 4. The van der Waals surface area contributed by atoms with Crippen LogP contribution in [0.15, 0.2) is 30.5 Å². The number of benzene rings is 1. The Balaban J connectivity index is 1.60. The number of ether oxygens (including phenoxy) is 1. The average Bonchev–Trinajstić information content (AvgIpc) is 3.01. The van der Waals surface area contributed by atoms with Gasteiger partial charge in [0, 0.05) is 24.5 Å². The number of allylic oxidation sites excluding steroid dienone is 1. The Bertz CT molecular complexity index is 478. The first-order chi connectivity index (χ1) is 9.83. The number of hydrogen-bond donors (Lipinski definition) is 1. The summed E-state index contributed by atoms with van der Waals surface area (Å²) in [7, 11) is 0. The van der Waals surface area contributed by atoms with E-state index in [1.165, 1.54) is 42.9 Å². The first-order valence-electron chi connectivity index (χ1n) is 7.73. The third-order valence-electron chi connectivity index (χ3n) is 4.22. The number of nitrogens with one attached hydrogen (secondary N) is 1. The first-order valence-corrected chi connectivity index (χ1v) is 7.73. The number of hydrogen-bond acceptors (Lipinski definition) is 3. The van der Waals surface area contributed by atoms with Gasteiger partial charge in [0.2, 0.25) is 0 Å². The first kappa shape index (κ1) is 13.3. The lowest BCUT2D eigenvalue weighted by molar-refractivity contribution is 0.135. The molecule has 0 aromatic heterocycles. The predicted octanol–water partition coefficient (Wildman–Crippen LogP) is 3.70. The highest BCUT2D eigenvalue weighted by Crippen LogP contribution is 2.25. The molecule has 1 atom stereocenters. The van der Waals surface area contributed by atoms with Gasteiger partial charge in [-0.3, -0.25) is 0 Å². The molecule has 0 amide bonds. The molecule has 1 unspecified atom stereocenters. The van der Waals surface area contributed by atoms with Crippen LogP contribution in [0.2, 0.25) is 0 Å². The summed E-state index contributed by atoms with van der Waals surface area (Å²) in [4.78, 5) is 2.48. The second-order valence-corrected chi connectivity index (χ2v) is 5.78. The summed E-state index contributed by atoms with van der Waals surface area (Å²) in [6, 6.07) is 6.75. The lowest BCUT2D eigenvalue weighted by atomic mass is 10.1. The van der Waals surface area contributed by atoms with Gasteiger partial charge < -0.3 is 15.0 Å². The van der Waals surface area contributed by atoms with Crippen molar-refractivity contribution in [2.45, 2.75) is 38.7 Å². The number of aryl methyl sites for hydroxylation is 1. The van der Waals surface area contributed by atoms with Crippen molar-refractivity contribution in [3.05, 3.63) is 36.1 Å². The zero-order valence-corrected chi connectivity index (χ0v) is 12.3. The molecule has 0 aliphatic carbocycles. The summed E-state index contributed by atoms with van der Waals surface area (Å²) in [6.07, 6.45) is 9.11. The van der Waals surface area contributed by atoms with Crippen molar-refractivity contribution in [1.82, 2.24) is 0 Å². The van der Waals surface area contributed by atoms with Crippen molar-refractivity contribution >= 4 is 11.4 Å². The molecule has 2 heterocycles. The van der Waals surface area contributed by atoms with Crippen LogP contribution >= 0.6 is 0 Å². The van der Waals surface area contributed by atoms with Gasteiger partial charge in [0.15, 0.2) is 0 Å². The van der Waals surface area contributed by atoms with E-state index in [-0.39, 0.29) is 0 Å². The van der Waals surface area contributed by atoms with Crippen LogP contribution in [0.25, 0.3) is 0 Å². The van der Waals surface area contributed by atoms with Crippen LogP contribution in [0.5, 0.6) is 0 Å². The molecule has 20 heavy (non-hydrogen) atoms. The van der Waals surface area contributed by atoms with Crippen LogP contribution in [0.1, 0.15) is 31.2 Å². The third-order valence-corrected chi connectivity index (χ3v) is 4.22. The molecule has 1 fully saturated rings. The summed E-state index contributed by atoms with van der Waals surface area (Å²) in [5.74, 6) is 0. The maximum absolute atomic E-state index is 5.59. The Hall–Kier alpha value is -1.64. The van der Waals surface area contributed by atoms with Gasteiger partial charge in [-0.25, -0.2) is 0 Å². The Morgan fingerprint density at radius 3 is 2.85 bits per heavy atom. The highest BCUT2D eigenvalue weighted by molar-refractivity contribution is 5.60. The molecule has 0 radical (unpaired) electrons. The molecular formula is C17H24N2O. The van der Waals surface area contributed by atoms with Gasteiger partial charge in [-0.1, -0.05) is 0 Å². The quantitative estimate of drug-likeness (QED) is 0.904. The van der Waals surface area contributed by atoms with Crippen molar-refractivity contribution in [3.8, 4) is 0 Å². The van der Waals surface area contributed by atoms with Gasteiger partial charge in [0.05, 0.1) is 12.8 Å². The van der Waals surface area contributed by atoms with E-state index in [2.05, 4.69) is 41.4 Å². The van der Waals surface area contributed by atoms with E-state index in [9.17, 15) is 0 Å². The van der Waals surface area contributed by atoms with Crippen LogP contribution < -0.4 is 10.2 Å². The SMILES string of the molecule is Cc1cc(N2CCCC2)ccc1NCC1CCC=CO1. The maximum Gasteiger partial charge on any atom is 0.115 e. The summed E-state index contributed by atoms with van der Waals surface area (Å²) < 4.78 is 5.59. The molecule has 1 N–H and O–H groups in total. The fraction of sp³-hybridized carbons (Fsp3) is 0.529. The Morgan fingerprint density at radius 2 is 2.15 bits per heavy atom. The van der Waals surface area contributed by atoms with E-state index in [1.54, 1.807) is 0 Å². The van der Waals surface area contributed by atoms with E-state index in [0.717, 1.165) is 19.4 Å². The summed E-state index contributed by atoms with van der Waals surface area (Å²) in [6.45, 7) is 5.47. The van der Waals surface area contributed by atoms with Crippen LogP contribution in [0, 0.1) is 6.92 Å². The summed E-state index contributed by atoms with van der Waals surface area (Å²) in [5.41, 5.74) is 3.91. The van der Waals surface area contributed by atoms with Crippen LogP contribution in [0.3, 0.4) is 0 Å². The Morgan fingerprint density at radius 1 is 1.30 bits per heavy atom. The van der Waals surface area contributed by atoms with E-state index in [4.69, 9.17) is 4.74 Å². The lowest BCUT2D eigenvalue weighted by Crippen LogP contribution is -2.23. The molecule has 0 bridgehead atoms. The largest absolute Gasteiger partial charge is 0.497 e. The van der Waals surface area contributed by atoms with Gasteiger partial charge in [-0.05, 0) is 62.4 Å². The van der Waals surface area contributed by atoms with Crippen molar-refractivity contribution in [2.75, 3.05) is 29.9 Å². The minimum absolute atomic E-state index is 0.303. The second-order valence-electron chi connectivity index (χ2n) is 5.78. The smallest absolute Gasteiger partial charge is 0.115 e. The maximum atomic E-state index is 5.59. The Kier molecular flexibility index (Phi) is 4.14. The zero-order valence-electron chi connectivity index (χ0n) is 12.3. The van der Waals surface area contributed by atoms with Crippen LogP contribution in [0.4, 0.5) is 11.4 Å². The molecule has 2 aliphatic rings. The molecule has 1 saturated heterocycles. The molecule has 3 rings (SSSR count). The molecule has 3 nitrogen and oxygen atoms in total. The van der Waals surface area contributed by atoms with E-state index in [1.807, 2.05) is 6.26 Å². The molecular weight excluding hydrogens is 248 g/mol. The topological polar surface area (TPSA) is 24.5 Å². The van der Waals surface area contributed by atoms with Crippen LogP contribution in [-0.4, -0.2) is 25.7 Å². The number of anilines is 2. The lowest BCUT2D eigenvalue weighted by Gasteiger charge is -2.22. The minimum Gasteiger partial charge on any atom is -0.497 e. The molecule has 1 aromatic carbocycles. The Labute approximate surface area is 121 Å². The summed E-state index contributed by atoms with van der Waals surface area (Å²) >= 11 is 0. The second kappa shape index (κ2) is 6.21. The average molecular weight is 272 g/mol. The van der Waals surface area contributed by atoms with Gasteiger partial charge in [-0.15, -0.1) is 0 Å². The van der Waals surface area contributed by atoms with Gasteiger partial charge in [0.25, 0.3) is 0 Å². The van der Waals surface area contributed by atoms with Gasteiger partial charge in [-0.2, -0.15) is 0 Å². The van der Waals surface area contributed by atoms with Crippen molar-refractivity contribution in [1.29, 1.82) is 0 Å². The zero-order chi connectivity index (χ0) is 13.8. The highest BCUT2D eigenvalue weighted by atomic mass is 16.5. The summed E-state index contributed by atoms with van der Waals surface area (Å²) in [5, 5.41) is 3.52. The highest BCUT2D eigenvalue weighted by Gasteiger charge is 2.14. The monoisotopic (exact) mass is 272 g/mol. The third kappa shape index (κ3) is 3.09. The molecule has 1 aromatic rings. The van der Waals surface area contributed by atoms with Gasteiger partial charge in [0.1, 0.15) is 6.10 Å². The molecule has 3 heteroatoms. The fourth-order valence-corrected chi connectivity index (χ4v) is 2.98. The standard InChI is InChI=1S/C17H24N2O/c1-14-12-15(19-9-3-4-10-19)7-8-17(14)18-13-16-6-2-5-11-20-16/h5,7-8,11-12,16,18H,2-4,6,9-10,13H2,1H3. The van der Waals surface area contributed by atoms with Crippen molar-refractivity contribution in [2.24, 2.45) is 0 Å². The van der Waals surface area contributed by atoms with E-state index < -0.39 is 0 Å². The van der Waals surface area contributed by atoms with Crippen molar-refractivity contribution in [3.63, 3.8) is 0 Å². The van der Waals surface area contributed by atoms with Crippen molar-refractivity contribution < 1.29 is 4.74 Å². The fourth-order valence-electron chi connectivity index (χ4n) is 2.98. The number of nitrogens with zero attached hydrogens (tertiary/aromatic N) is 1. The molecule has 108 valence electrons. The van der Waals surface area contributed by atoms with Crippen LogP contribution in [-0.2, 0) is 4.74 Å². The normalized spacial score (nSPS) is 21.9. The molecule has 0 spiro atoms.